The van der Waals surface area contributed by atoms with Crippen LogP contribution in [0.2, 0.25) is 5.02 Å². The molecule has 1 aromatic heterocycles. The molecule has 0 bridgehead atoms. The van der Waals surface area contributed by atoms with Crippen molar-refractivity contribution in [3.05, 3.63) is 23.0 Å². The predicted octanol–water partition coefficient (Wildman–Crippen LogP) is 1.81. The molecular weight excluding hydrogens is 178 g/mol. The van der Waals surface area contributed by atoms with Crippen molar-refractivity contribution in [3.63, 3.8) is 0 Å². The Morgan fingerprint density at radius 2 is 2.30 bits per heavy atom. The molecule has 0 aliphatic heterocycles. The fourth-order valence-corrected chi connectivity index (χ4v) is 0.847. The number of nitrogens with zero attached hydrogens (tertiary/aromatic N) is 2. The highest BCUT2D eigenvalue weighted by Crippen LogP contribution is 2.12. The normalized spacial score (nSPS) is 9.90. The molecular formula is C5H2Cl2FN2. The summed E-state index contributed by atoms with van der Waals surface area (Å²) < 4.78 is 12.2. The number of aromatic nitrogens is 2. The van der Waals surface area contributed by atoms with Crippen LogP contribution in [0.25, 0.3) is 0 Å². The van der Waals surface area contributed by atoms with E-state index in [9.17, 15) is 4.39 Å². The Balaban J connectivity index is 3.09. The highest BCUT2D eigenvalue weighted by atomic mass is 35.5. The average molecular weight is 180 g/mol. The molecule has 53 valence electrons. The van der Waals surface area contributed by atoms with Crippen LogP contribution in [0.1, 0.15) is 5.69 Å². The van der Waals surface area contributed by atoms with Crippen molar-refractivity contribution in [1.29, 1.82) is 0 Å². The third kappa shape index (κ3) is 1.55. The molecule has 0 saturated heterocycles. The Morgan fingerprint density at radius 3 is 2.80 bits per heavy atom. The van der Waals surface area contributed by atoms with E-state index in [1.807, 2.05) is 0 Å². The first-order chi connectivity index (χ1) is 4.74. The molecule has 0 atom stereocenters. The van der Waals surface area contributed by atoms with Gasteiger partial charge in [-0.2, -0.15) is 9.37 Å². The number of rotatable bonds is 1. The molecule has 1 aromatic rings. The Kier molecular flexibility index (Phi) is 2.40. The summed E-state index contributed by atoms with van der Waals surface area (Å²) in [6.45, 7) is 0. The zero-order valence-corrected chi connectivity index (χ0v) is 6.25. The maximum Gasteiger partial charge on any atom is 0.309 e. The van der Waals surface area contributed by atoms with Gasteiger partial charge in [-0.25, -0.2) is 4.98 Å². The minimum Gasteiger partial charge on any atom is -0.204 e. The van der Waals surface area contributed by atoms with E-state index in [0.717, 1.165) is 0 Å². The molecule has 0 unspecified atom stereocenters. The quantitative estimate of drug-likeness (QED) is 0.486. The topological polar surface area (TPSA) is 25.8 Å². The fraction of sp³-hybridized carbons (Fsp3) is 0.200. The van der Waals surface area contributed by atoms with E-state index in [1.54, 1.807) is 0 Å². The van der Waals surface area contributed by atoms with Gasteiger partial charge in [-0.1, -0.05) is 11.6 Å². The first-order valence-electron chi connectivity index (χ1n) is 2.39. The highest BCUT2D eigenvalue weighted by Gasteiger charge is 2.02. The third-order valence-corrected chi connectivity index (χ3v) is 1.41. The minimum absolute atomic E-state index is 0.0643. The van der Waals surface area contributed by atoms with Crippen molar-refractivity contribution >= 4 is 23.2 Å². The van der Waals surface area contributed by atoms with Gasteiger partial charge in [0.25, 0.3) is 0 Å². The van der Waals surface area contributed by atoms with Crippen molar-refractivity contribution in [1.82, 2.24) is 9.97 Å². The fourth-order valence-electron chi connectivity index (χ4n) is 0.434. The van der Waals surface area contributed by atoms with E-state index in [4.69, 9.17) is 23.2 Å². The summed E-state index contributed by atoms with van der Waals surface area (Å²) in [6.07, 6.45) is 1.35. The molecule has 0 aliphatic rings. The van der Waals surface area contributed by atoms with E-state index < -0.39 is 6.08 Å². The van der Waals surface area contributed by atoms with Crippen LogP contribution in [0.4, 0.5) is 4.39 Å². The molecule has 0 aromatic carbocycles. The molecule has 0 saturated carbocycles. The second-order valence-electron chi connectivity index (χ2n) is 1.50. The predicted molar refractivity (Wildman–Crippen MR) is 35.4 cm³/mol. The monoisotopic (exact) mass is 179 g/mol. The second kappa shape index (κ2) is 3.12. The number of hydrogen-bond donors (Lipinski definition) is 0. The van der Waals surface area contributed by atoms with E-state index >= 15 is 0 Å². The Bertz CT molecular complexity index is 241. The third-order valence-electron chi connectivity index (χ3n) is 0.853. The van der Waals surface area contributed by atoms with Crippen LogP contribution < -0.4 is 0 Å². The zero-order chi connectivity index (χ0) is 7.56. The molecule has 0 N–H and O–H groups in total. The largest absolute Gasteiger partial charge is 0.309 e. The van der Waals surface area contributed by atoms with Crippen molar-refractivity contribution in [2.45, 2.75) is 5.88 Å². The van der Waals surface area contributed by atoms with E-state index in [2.05, 4.69) is 16.2 Å². The molecule has 10 heavy (non-hydrogen) atoms. The van der Waals surface area contributed by atoms with E-state index in [1.165, 1.54) is 0 Å². The molecule has 2 nitrogen and oxygen atoms in total. The van der Waals surface area contributed by atoms with Crippen molar-refractivity contribution in [2.75, 3.05) is 0 Å². The second-order valence-corrected chi connectivity index (χ2v) is 2.14. The van der Waals surface area contributed by atoms with Crippen LogP contribution in [-0.2, 0) is 5.88 Å². The van der Waals surface area contributed by atoms with Gasteiger partial charge in [-0.15, -0.1) is 11.6 Å². The van der Waals surface area contributed by atoms with Crippen molar-refractivity contribution in [3.8, 4) is 0 Å². The maximum absolute atomic E-state index is 12.2. The van der Waals surface area contributed by atoms with Gasteiger partial charge >= 0.3 is 6.08 Å². The van der Waals surface area contributed by atoms with Crippen LogP contribution in [0.3, 0.4) is 0 Å². The maximum atomic E-state index is 12.2. The average Bonchev–Trinajstić information content (AvgIpc) is 1.94. The van der Waals surface area contributed by atoms with Gasteiger partial charge in [0.15, 0.2) is 0 Å². The van der Waals surface area contributed by atoms with Gasteiger partial charge in [0.05, 0.1) is 16.6 Å². The summed E-state index contributed by atoms with van der Waals surface area (Å²) in [5.41, 5.74) is 0.260. The molecule has 0 amide bonds. The summed E-state index contributed by atoms with van der Waals surface area (Å²) in [4.78, 5) is 6.41. The number of halogens is 3. The first-order valence-corrected chi connectivity index (χ1v) is 3.31. The van der Waals surface area contributed by atoms with Gasteiger partial charge in [-0.05, 0) is 0 Å². The van der Waals surface area contributed by atoms with Crippen LogP contribution in [-0.4, -0.2) is 9.97 Å². The van der Waals surface area contributed by atoms with Gasteiger partial charge in [-0.3, -0.25) is 0 Å². The minimum atomic E-state index is -0.861. The summed E-state index contributed by atoms with van der Waals surface area (Å²) in [6, 6.07) is 0. The summed E-state index contributed by atoms with van der Waals surface area (Å²) >= 11 is 10.8. The number of hydrogen-bond acceptors (Lipinski definition) is 2. The Morgan fingerprint density at radius 1 is 1.60 bits per heavy atom. The van der Waals surface area contributed by atoms with Crippen LogP contribution in [0.5, 0.6) is 0 Å². The molecule has 1 heterocycles. The number of alkyl halides is 1. The molecule has 1 rings (SSSR count). The smallest absolute Gasteiger partial charge is 0.204 e. The summed E-state index contributed by atoms with van der Waals surface area (Å²) in [7, 11) is 0. The molecule has 0 aliphatic carbocycles. The molecule has 0 spiro atoms. The standard InChI is InChI=1S/C5H2Cl2FN2/c6-1-4-3(7)2-9-5(8)10-4/h1H2. The van der Waals surface area contributed by atoms with Gasteiger partial charge < -0.3 is 0 Å². The van der Waals surface area contributed by atoms with Crippen molar-refractivity contribution in [2.24, 2.45) is 0 Å². The van der Waals surface area contributed by atoms with Gasteiger partial charge in [0.2, 0.25) is 0 Å². The van der Waals surface area contributed by atoms with Crippen LogP contribution >= 0.6 is 23.2 Å². The highest BCUT2D eigenvalue weighted by molar-refractivity contribution is 6.31. The van der Waals surface area contributed by atoms with Gasteiger partial charge in [0.1, 0.15) is 6.20 Å². The molecule has 5 heteroatoms. The SMILES string of the molecule is Fc1n[c]c(Cl)c(CCl)n1. The molecule has 1 radical (unpaired) electrons. The lowest BCUT2D eigenvalue weighted by atomic mass is 10.5. The van der Waals surface area contributed by atoms with E-state index in [-0.39, 0.29) is 16.6 Å². The zero-order valence-electron chi connectivity index (χ0n) is 4.74. The van der Waals surface area contributed by atoms with Crippen LogP contribution in [0, 0.1) is 12.3 Å². The Labute approximate surface area is 67.0 Å². The lowest BCUT2D eigenvalue weighted by Gasteiger charge is -1.94. The lowest BCUT2D eigenvalue weighted by Crippen LogP contribution is -1.94. The summed E-state index contributed by atoms with van der Waals surface area (Å²) in [5.74, 6) is 0.0643. The molecule has 0 fully saturated rings. The summed E-state index contributed by atoms with van der Waals surface area (Å²) in [5, 5.41) is 0.163. The Hall–Kier alpha value is -0.410. The van der Waals surface area contributed by atoms with Gasteiger partial charge in [0, 0.05) is 0 Å². The van der Waals surface area contributed by atoms with E-state index in [0.29, 0.717) is 0 Å². The van der Waals surface area contributed by atoms with Crippen LogP contribution in [0.15, 0.2) is 0 Å². The van der Waals surface area contributed by atoms with Crippen molar-refractivity contribution < 1.29 is 4.39 Å². The lowest BCUT2D eigenvalue weighted by molar-refractivity contribution is 0.533. The first kappa shape index (κ1) is 7.69.